The number of fused-ring (bicyclic) bond motifs is 3. The molecule has 3 aromatic rings. The first-order valence-corrected chi connectivity index (χ1v) is 7.95. The second-order valence-electron chi connectivity index (χ2n) is 5.93. The van der Waals surface area contributed by atoms with Crippen LogP contribution in [0.5, 0.6) is 0 Å². The molecular formula is C17H18N4O3. The van der Waals surface area contributed by atoms with Crippen molar-refractivity contribution >= 4 is 27.7 Å². The molecule has 0 bridgehead atoms. The van der Waals surface area contributed by atoms with Crippen LogP contribution in [0, 0.1) is 0 Å². The lowest BCUT2D eigenvalue weighted by Crippen LogP contribution is -2.42. The Morgan fingerprint density at radius 2 is 1.96 bits per heavy atom. The normalized spacial score (nSPS) is 15.3. The molecule has 4 rings (SSSR count). The number of hydrogen-bond acceptors (Lipinski definition) is 4. The Labute approximate surface area is 138 Å². The van der Waals surface area contributed by atoms with Gasteiger partial charge in [-0.05, 0) is 6.07 Å². The van der Waals surface area contributed by atoms with Crippen LogP contribution in [0.15, 0.2) is 35.3 Å². The van der Waals surface area contributed by atoms with Gasteiger partial charge in [-0.15, -0.1) is 0 Å². The Hall–Kier alpha value is -2.67. The smallest absolute Gasteiger partial charge is 0.291 e. The first-order valence-electron chi connectivity index (χ1n) is 7.95. The van der Waals surface area contributed by atoms with Gasteiger partial charge in [0.2, 0.25) is 5.91 Å². The lowest BCUT2D eigenvalue weighted by Gasteiger charge is -2.27. The highest BCUT2D eigenvalue weighted by molar-refractivity contribution is 6.07. The molecule has 0 saturated carbocycles. The summed E-state index contributed by atoms with van der Waals surface area (Å²) in [6.07, 6.45) is 1.69. The van der Waals surface area contributed by atoms with E-state index >= 15 is 0 Å². The molecule has 1 aliphatic heterocycles. The fraction of sp³-hybridized carbons (Fsp3) is 0.353. The van der Waals surface area contributed by atoms with Crippen molar-refractivity contribution in [3.05, 3.63) is 40.8 Å². The van der Waals surface area contributed by atoms with E-state index in [9.17, 15) is 9.59 Å². The number of nitrogens with zero attached hydrogens (tertiary/aromatic N) is 4. The van der Waals surface area contributed by atoms with Gasteiger partial charge in [-0.2, -0.15) is 5.10 Å². The Morgan fingerprint density at radius 1 is 1.21 bits per heavy atom. The monoisotopic (exact) mass is 326 g/mol. The van der Waals surface area contributed by atoms with E-state index in [1.54, 1.807) is 18.1 Å². The number of aromatic nitrogens is 3. The number of amides is 1. The van der Waals surface area contributed by atoms with E-state index in [0.717, 1.165) is 16.3 Å². The molecule has 0 atom stereocenters. The van der Waals surface area contributed by atoms with Crippen LogP contribution in [-0.4, -0.2) is 51.5 Å². The zero-order valence-corrected chi connectivity index (χ0v) is 13.4. The van der Waals surface area contributed by atoms with Gasteiger partial charge in [-0.25, -0.2) is 4.68 Å². The van der Waals surface area contributed by atoms with Gasteiger partial charge in [0.1, 0.15) is 12.1 Å². The molecule has 0 spiro atoms. The van der Waals surface area contributed by atoms with Crippen molar-refractivity contribution in [2.75, 3.05) is 26.3 Å². The van der Waals surface area contributed by atoms with Crippen LogP contribution < -0.4 is 5.56 Å². The molecule has 0 radical (unpaired) electrons. The number of para-hydroxylation sites is 1. The van der Waals surface area contributed by atoms with Gasteiger partial charge >= 0.3 is 0 Å². The van der Waals surface area contributed by atoms with E-state index in [-0.39, 0.29) is 18.0 Å². The van der Waals surface area contributed by atoms with Crippen molar-refractivity contribution in [2.24, 2.45) is 7.05 Å². The van der Waals surface area contributed by atoms with Gasteiger partial charge in [0, 0.05) is 36.4 Å². The zero-order valence-electron chi connectivity index (χ0n) is 13.4. The Balaban J connectivity index is 1.87. The Kier molecular flexibility index (Phi) is 3.57. The Morgan fingerprint density at radius 3 is 2.75 bits per heavy atom. The van der Waals surface area contributed by atoms with Crippen molar-refractivity contribution in [1.29, 1.82) is 0 Å². The van der Waals surface area contributed by atoms with E-state index in [2.05, 4.69) is 5.10 Å². The van der Waals surface area contributed by atoms with Crippen LogP contribution in [0.2, 0.25) is 0 Å². The number of ether oxygens (including phenoxy) is 1. The van der Waals surface area contributed by atoms with Gasteiger partial charge in [0.25, 0.3) is 5.56 Å². The van der Waals surface area contributed by atoms with E-state index in [1.165, 1.54) is 4.68 Å². The van der Waals surface area contributed by atoms with Crippen LogP contribution >= 0.6 is 0 Å². The molecule has 7 nitrogen and oxygen atoms in total. The van der Waals surface area contributed by atoms with E-state index in [1.807, 2.05) is 28.8 Å². The summed E-state index contributed by atoms with van der Waals surface area (Å²) < 4.78 is 8.41. The molecule has 124 valence electrons. The van der Waals surface area contributed by atoms with Crippen LogP contribution in [0.4, 0.5) is 0 Å². The van der Waals surface area contributed by atoms with Crippen LogP contribution in [0.25, 0.3) is 21.8 Å². The predicted molar refractivity (Wildman–Crippen MR) is 89.9 cm³/mol. The van der Waals surface area contributed by atoms with Crippen molar-refractivity contribution in [1.82, 2.24) is 19.2 Å². The molecule has 1 saturated heterocycles. The van der Waals surface area contributed by atoms with Crippen LogP contribution in [0.3, 0.4) is 0 Å². The maximum absolute atomic E-state index is 12.7. The van der Waals surface area contributed by atoms with Crippen LogP contribution in [-0.2, 0) is 23.1 Å². The minimum atomic E-state index is -0.196. The topological polar surface area (TPSA) is 69.4 Å². The Bertz CT molecular complexity index is 983. The standard InChI is InChI=1S/C17H18N4O3/c1-19-17(23)16-13(10-18-19)12-4-2-3-5-14(12)21(16)11-15(22)20-6-8-24-9-7-20/h2-5,10H,6-9,11H2,1H3. The molecule has 0 aliphatic carbocycles. The third kappa shape index (κ3) is 2.28. The highest BCUT2D eigenvalue weighted by Gasteiger charge is 2.21. The van der Waals surface area contributed by atoms with Crippen molar-refractivity contribution in [2.45, 2.75) is 6.54 Å². The maximum atomic E-state index is 12.7. The third-order valence-corrected chi connectivity index (χ3v) is 4.52. The average molecular weight is 326 g/mol. The second-order valence-corrected chi connectivity index (χ2v) is 5.93. The van der Waals surface area contributed by atoms with Crippen molar-refractivity contribution in [3.8, 4) is 0 Å². The average Bonchev–Trinajstić information content (AvgIpc) is 2.93. The third-order valence-electron chi connectivity index (χ3n) is 4.52. The molecule has 1 amide bonds. The minimum absolute atomic E-state index is 0.000168. The van der Waals surface area contributed by atoms with E-state index in [4.69, 9.17) is 4.74 Å². The highest BCUT2D eigenvalue weighted by Crippen LogP contribution is 2.26. The fourth-order valence-corrected chi connectivity index (χ4v) is 3.25. The number of carbonyl (C=O) groups is 1. The highest BCUT2D eigenvalue weighted by atomic mass is 16.5. The summed E-state index contributed by atoms with van der Waals surface area (Å²) in [4.78, 5) is 27.1. The van der Waals surface area contributed by atoms with E-state index < -0.39 is 0 Å². The second kappa shape index (κ2) is 5.76. The molecule has 1 aromatic carbocycles. The molecule has 3 heterocycles. The minimum Gasteiger partial charge on any atom is -0.378 e. The zero-order chi connectivity index (χ0) is 16.7. The summed E-state index contributed by atoms with van der Waals surface area (Å²) in [5.74, 6) is -0.000168. The fourth-order valence-electron chi connectivity index (χ4n) is 3.25. The summed E-state index contributed by atoms with van der Waals surface area (Å²) in [5, 5.41) is 5.84. The first-order chi connectivity index (χ1) is 11.7. The summed E-state index contributed by atoms with van der Waals surface area (Å²) in [6.45, 7) is 2.45. The van der Waals surface area contributed by atoms with Gasteiger partial charge in [-0.1, -0.05) is 18.2 Å². The lowest BCUT2D eigenvalue weighted by atomic mass is 10.2. The van der Waals surface area contributed by atoms with Gasteiger partial charge in [0.15, 0.2) is 0 Å². The molecular weight excluding hydrogens is 308 g/mol. The summed E-state index contributed by atoms with van der Waals surface area (Å²) >= 11 is 0. The van der Waals surface area contributed by atoms with Crippen molar-refractivity contribution < 1.29 is 9.53 Å². The van der Waals surface area contributed by atoms with Crippen molar-refractivity contribution in [3.63, 3.8) is 0 Å². The number of morpholine rings is 1. The lowest BCUT2D eigenvalue weighted by molar-refractivity contribution is -0.135. The van der Waals surface area contributed by atoms with E-state index in [0.29, 0.717) is 31.8 Å². The maximum Gasteiger partial charge on any atom is 0.291 e. The predicted octanol–water partition coefficient (Wildman–Crippen LogP) is 0.747. The quantitative estimate of drug-likeness (QED) is 0.697. The summed E-state index contributed by atoms with van der Waals surface area (Å²) in [5.41, 5.74) is 1.20. The van der Waals surface area contributed by atoms with Gasteiger partial charge in [-0.3, -0.25) is 9.59 Å². The summed E-state index contributed by atoms with van der Waals surface area (Å²) in [6, 6.07) is 7.72. The molecule has 0 N–H and O–H groups in total. The van der Waals surface area contributed by atoms with Crippen LogP contribution in [0.1, 0.15) is 0 Å². The number of benzene rings is 1. The number of aryl methyl sites for hydroxylation is 1. The van der Waals surface area contributed by atoms with Gasteiger partial charge in [0.05, 0.1) is 19.4 Å². The molecule has 2 aromatic heterocycles. The number of rotatable bonds is 2. The summed E-state index contributed by atoms with van der Waals surface area (Å²) in [7, 11) is 1.62. The molecule has 0 unspecified atom stereocenters. The molecule has 24 heavy (non-hydrogen) atoms. The largest absolute Gasteiger partial charge is 0.378 e. The van der Waals surface area contributed by atoms with Gasteiger partial charge < -0.3 is 14.2 Å². The number of carbonyl (C=O) groups excluding carboxylic acids is 1. The SMILES string of the molecule is Cn1ncc2c3ccccc3n(CC(=O)N3CCOCC3)c2c1=O. The molecule has 1 aliphatic rings. The first kappa shape index (κ1) is 14.9. The number of hydrogen-bond donors (Lipinski definition) is 0. The molecule has 7 heteroatoms. The molecule has 1 fully saturated rings.